The maximum Gasteiger partial charge on any atom is 0.0942 e. The van der Waals surface area contributed by atoms with Crippen LogP contribution >= 0.6 is 0 Å². The molecule has 0 fully saturated rings. The Bertz CT molecular complexity index is 719. The van der Waals surface area contributed by atoms with Crippen LogP contribution in [0.3, 0.4) is 0 Å². The maximum atomic E-state index is 4.37. The standard InChI is InChI=1S/C18H19N3/c1-18(2,3)15-8-6-13(7-9-15)16-11-17(21-20-16)14-5-4-10-19-12-14/h4-12H,1-3H3,(H,20,21). The fraction of sp³-hybridized carbons (Fsp3) is 0.222. The van der Waals surface area contributed by atoms with Crippen molar-refractivity contribution in [3.63, 3.8) is 0 Å². The van der Waals surface area contributed by atoms with Crippen LogP contribution in [0, 0.1) is 0 Å². The van der Waals surface area contributed by atoms with Crippen LogP contribution in [0.4, 0.5) is 0 Å². The Labute approximate surface area is 125 Å². The largest absolute Gasteiger partial charge is 0.277 e. The molecule has 0 aliphatic rings. The van der Waals surface area contributed by atoms with E-state index in [9.17, 15) is 0 Å². The third-order valence-electron chi connectivity index (χ3n) is 3.60. The first-order valence-corrected chi connectivity index (χ1v) is 7.11. The van der Waals surface area contributed by atoms with Gasteiger partial charge in [-0.15, -0.1) is 0 Å². The van der Waals surface area contributed by atoms with Crippen LogP contribution in [0.25, 0.3) is 22.5 Å². The minimum atomic E-state index is 0.174. The van der Waals surface area contributed by atoms with Gasteiger partial charge in [0.1, 0.15) is 0 Å². The molecule has 2 aromatic heterocycles. The molecule has 1 aromatic carbocycles. The number of benzene rings is 1. The fourth-order valence-corrected chi connectivity index (χ4v) is 2.28. The van der Waals surface area contributed by atoms with Crippen LogP contribution < -0.4 is 0 Å². The van der Waals surface area contributed by atoms with Crippen molar-refractivity contribution >= 4 is 0 Å². The lowest BCUT2D eigenvalue weighted by atomic mass is 9.86. The van der Waals surface area contributed by atoms with Crippen LogP contribution in [-0.4, -0.2) is 15.2 Å². The quantitative estimate of drug-likeness (QED) is 0.752. The van der Waals surface area contributed by atoms with Crippen LogP contribution in [-0.2, 0) is 5.41 Å². The van der Waals surface area contributed by atoms with Crippen molar-refractivity contribution < 1.29 is 0 Å². The molecule has 0 aliphatic heterocycles. The fourth-order valence-electron chi connectivity index (χ4n) is 2.28. The summed E-state index contributed by atoms with van der Waals surface area (Å²) in [5, 5.41) is 7.47. The van der Waals surface area contributed by atoms with E-state index in [2.05, 4.69) is 66.3 Å². The topological polar surface area (TPSA) is 41.6 Å². The van der Waals surface area contributed by atoms with Gasteiger partial charge in [-0.3, -0.25) is 10.1 Å². The lowest BCUT2D eigenvalue weighted by molar-refractivity contribution is 0.590. The number of hydrogen-bond acceptors (Lipinski definition) is 2. The highest BCUT2D eigenvalue weighted by atomic mass is 15.1. The summed E-state index contributed by atoms with van der Waals surface area (Å²) in [6.07, 6.45) is 3.59. The first-order valence-electron chi connectivity index (χ1n) is 7.11. The average molecular weight is 277 g/mol. The van der Waals surface area contributed by atoms with E-state index in [-0.39, 0.29) is 5.41 Å². The Kier molecular flexibility index (Phi) is 3.34. The molecule has 21 heavy (non-hydrogen) atoms. The summed E-state index contributed by atoms with van der Waals surface area (Å²) >= 11 is 0. The van der Waals surface area contributed by atoms with E-state index >= 15 is 0 Å². The minimum absolute atomic E-state index is 0.174. The SMILES string of the molecule is CC(C)(C)c1ccc(-c2cc(-c3cccnc3)n[nH]2)cc1. The summed E-state index contributed by atoms with van der Waals surface area (Å²) < 4.78 is 0. The molecule has 106 valence electrons. The second-order valence-electron chi connectivity index (χ2n) is 6.24. The molecule has 0 atom stereocenters. The number of aromatic amines is 1. The molecule has 1 N–H and O–H groups in total. The van der Waals surface area contributed by atoms with Gasteiger partial charge in [0, 0.05) is 18.0 Å². The number of hydrogen-bond donors (Lipinski definition) is 1. The second-order valence-corrected chi connectivity index (χ2v) is 6.24. The number of nitrogens with one attached hydrogen (secondary N) is 1. The molecular formula is C18H19N3. The molecule has 3 aromatic rings. The van der Waals surface area contributed by atoms with Crippen LogP contribution in [0.2, 0.25) is 0 Å². The zero-order valence-corrected chi connectivity index (χ0v) is 12.6. The Morgan fingerprint density at radius 3 is 2.33 bits per heavy atom. The molecule has 0 spiro atoms. The summed E-state index contributed by atoms with van der Waals surface area (Å²) in [5.41, 5.74) is 5.61. The molecule has 0 aliphatic carbocycles. The first kappa shape index (κ1) is 13.6. The van der Waals surface area contributed by atoms with Gasteiger partial charge in [-0.05, 0) is 34.7 Å². The first-order chi connectivity index (χ1) is 10.0. The monoisotopic (exact) mass is 277 g/mol. The second kappa shape index (κ2) is 5.17. The van der Waals surface area contributed by atoms with Crippen molar-refractivity contribution in [2.24, 2.45) is 0 Å². The molecule has 0 amide bonds. The minimum Gasteiger partial charge on any atom is -0.277 e. The molecule has 0 radical (unpaired) electrons. The van der Waals surface area contributed by atoms with Crippen molar-refractivity contribution in [2.75, 3.05) is 0 Å². The lowest BCUT2D eigenvalue weighted by Crippen LogP contribution is -2.10. The van der Waals surface area contributed by atoms with Gasteiger partial charge >= 0.3 is 0 Å². The predicted molar refractivity (Wildman–Crippen MR) is 86.0 cm³/mol. The summed E-state index contributed by atoms with van der Waals surface area (Å²) in [4.78, 5) is 4.13. The van der Waals surface area contributed by atoms with E-state index < -0.39 is 0 Å². The Morgan fingerprint density at radius 2 is 1.71 bits per heavy atom. The lowest BCUT2D eigenvalue weighted by Gasteiger charge is -2.18. The molecule has 0 bridgehead atoms. The van der Waals surface area contributed by atoms with Gasteiger partial charge in [0.25, 0.3) is 0 Å². The van der Waals surface area contributed by atoms with E-state index in [1.165, 1.54) is 5.56 Å². The van der Waals surface area contributed by atoms with Gasteiger partial charge in [-0.1, -0.05) is 45.0 Å². The van der Waals surface area contributed by atoms with Gasteiger partial charge in [-0.25, -0.2) is 0 Å². The zero-order valence-electron chi connectivity index (χ0n) is 12.6. The third-order valence-corrected chi connectivity index (χ3v) is 3.60. The molecule has 0 saturated carbocycles. The molecule has 2 heterocycles. The highest BCUT2D eigenvalue weighted by Crippen LogP contribution is 2.27. The molecule has 0 unspecified atom stereocenters. The highest BCUT2D eigenvalue weighted by molar-refractivity contribution is 5.67. The van der Waals surface area contributed by atoms with Gasteiger partial charge < -0.3 is 0 Å². The number of H-pyrrole nitrogens is 1. The third kappa shape index (κ3) is 2.87. The van der Waals surface area contributed by atoms with E-state index in [0.717, 1.165) is 22.5 Å². The molecule has 3 rings (SSSR count). The van der Waals surface area contributed by atoms with Crippen LogP contribution in [0.5, 0.6) is 0 Å². The molecule has 3 nitrogen and oxygen atoms in total. The van der Waals surface area contributed by atoms with E-state index in [0.29, 0.717) is 0 Å². The average Bonchev–Trinajstić information content (AvgIpc) is 2.97. The Hall–Kier alpha value is -2.42. The van der Waals surface area contributed by atoms with E-state index in [4.69, 9.17) is 0 Å². The van der Waals surface area contributed by atoms with Crippen molar-refractivity contribution in [3.8, 4) is 22.5 Å². The van der Waals surface area contributed by atoms with Gasteiger partial charge in [0.2, 0.25) is 0 Å². The number of pyridine rings is 1. The number of rotatable bonds is 2. The highest BCUT2D eigenvalue weighted by Gasteiger charge is 2.13. The predicted octanol–water partition coefficient (Wildman–Crippen LogP) is 4.44. The summed E-state index contributed by atoms with van der Waals surface area (Å²) in [7, 11) is 0. The smallest absolute Gasteiger partial charge is 0.0942 e. The molecule has 0 saturated heterocycles. The number of nitrogens with zero attached hydrogens (tertiary/aromatic N) is 2. The van der Waals surface area contributed by atoms with E-state index in [1.54, 1.807) is 6.20 Å². The van der Waals surface area contributed by atoms with Crippen molar-refractivity contribution in [1.82, 2.24) is 15.2 Å². The van der Waals surface area contributed by atoms with Gasteiger partial charge in [0.05, 0.1) is 11.4 Å². The van der Waals surface area contributed by atoms with Gasteiger partial charge in [-0.2, -0.15) is 5.10 Å². The van der Waals surface area contributed by atoms with Crippen LogP contribution in [0.15, 0.2) is 54.9 Å². The van der Waals surface area contributed by atoms with Crippen molar-refractivity contribution in [2.45, 2.75) is 26.2 Å². The normalized spacial score (nSPS) is 11.6. The van der Waals surface area contributed by atoms with Crippen LogP contribution in [0.1, 0.15) is 26.3 Å². The van der Waals surface area contributed by atoms with Gasteiger partial charge in [0.15, 0.2) is 0 Å². The van der Waals surface area contributed by atoms with Crippen molar-refractivity contribution in [3.05, 3.63) is 60.4 Å². The number of aromatic nitrogens is 3. The van der Waals surface area contributed by atoms with E-state index in [1.807, 2.05) is 18.3 Å². The Balaban J connectivity index is 1.90. The maximum absolute atomic E-state index is 4.37. The summed E-state index contributed by atoms with van der Waals surface area (Å²) in [5.74, 6) is 0. The summed E-state index contributed by atoms with van der Waals surface area (Å²) in [6.45, 7) is 6.66. The van der Waals surface area contributed by atoms with Crippen molar-refractivity contribution in [1.29, 1.82) is 0 Å². The Morgan fingerprint density at radius 1 is 0.952 bits per heavy atom. The molecule has 3 heteroatoms. The summed E-state index contributed by atoms with van der Waals surface area (Å²) in [6, 6.07) is 14.6. The zero-order chi connectivity index (χ0) is 14.9. The molecular weight excluding hydrogens is 258 g/mol.